The molecule has 0 unspecified atom stereocenters. The second kappa shape index (κ2) is 4.72. The van der Waals surface area contributed by atoms with Crippen LogP contribution in [0.4, 0.5) is 19.0 Å². The minimum atomic E-state index is -4.29. The molecule has 7 heteroatoms. The number of anilines is 1. The molecule has 0 aliphatic heterocycles. The van der Waals surface area contributed by atoms with Gasteiger partial charge in [-0.05, 0) is 19.9 Å². The third-order valence-corrected chi connectivity index (χ3v) is 3.21. The summed E-state index contributed by atoms with van der Waals surface area (Å²) in [4.78, 5) is 9.52. The molecule has 0 amide bonds. The topological polar surface area (TPSA) is 37.8 Å². The number of aromatic nitrogens is 2. The van der Waals surface area contributed by atoms with Crippen molar-refractivity contribution >= 4 is 27.4 Å². The smallest absolute Gasteiger partial charge is 0.370 e. The predicted molar refractivity (Wildman–Crippen MR) is 66.1 cm³/mol. The highest BCUT2D eigenvalue weighted by atomic mass is 32.1. The van der Waals surface area contributed by atoms with Gasteiger partial charge in [-0.2, -0.15) is 13.2 Å². The van der Waals surface area contributed by atoms with Crippen LogP contribution in [0.25, 0.3) is 10.2 Å². The van der Waals surface area contributed by atoms with Crippen molar-refractivity contribution < 1.29 is 13.2 Å². The zero-order chi connectivity index (χ0) is 13.3. The molecule has 3 nitrogen and oxygen atoms in total. The highest BCUT2D eigenvalue weighted by Gasteiger charge is 2.30. The van der Waals surface area contributed by atoms with Crippen LogP contribution in [0.3, 0.4) is 0 Å². The number of thiophene rings is 1. The lowest BCUT2D eigenvalue weighted by atomic mass is 10.3. The molecule has 0 spiro atoms. The average Bonchev–Trinajstić information content (AvgIpc) is 2.56. The normalized spacial score (nSPS) is 12.1. The summed E-state index contributed by atoms with van der Waals surface area (Å²) < 4.78 is 37.1. The van der Waals surface area contributed by atoms with E-state index in [1.54, 1.807) is 0 Å². The van der Waals surface area contributed by atoms with Gasteiger partial charge in [-0.1, -0.05) is 0 Å². The van der Waals surface area contributed by atoms with Crippen molar-refractivity contribution in [1.82, 2.24) is 9.97 Å². The molecule has 2 aromatic rings. The molecule has 0 atom stereocenters. The van der Waals surface area contributed by atoms with E-state index in [1.807, 2.05) is 19.9 Å². The highest BCUT2D eigenvalue weighted by molar-refractivity contribution is 7.18. The number of rotatable bonds is 3. The van der Waals surface area contributed by atoms with Crippen molar-refractivity contribution in [2.45, 2.75) is 26.4 Å². The van der Waals surface area contributed by atoms with Crippen LogP contribution in [0.2, 0.25) is 0 Å². The first kappa shape index (κ1) is 13.1. The molecule has 0 saturated carbocycles. The summed E-state index contributed by atoms with van der Waals surface area (Å²) in [5.74, 6) is 0.291. The van der Waals surface area contributed by atoms with Crippen LogP contribution in [0, 0.1) is 6.92 Å². The number of alkyl halides is 3. The zero-order valence-electron chi connectivity index (χ0n) is 9.93. The van der Waals surface area contributed by atoms with Gasteiger partial charge in [0.15, 0.2) is 0 Å². The Bertz CT molecular complexity index is 562. The van der Waals surface area contributed by atoms with Crippen LogP contribution in [0.1, 0.15) is 17.6 Å². The largest absolute Gasteiger partial charge is 0.396 e. The van der Waals surface area contributed by atoms with Gasteiger partial charge in [0, 0.05) is 11.4 Å². The van der Waals surface area contributed by atoms with E-state index in [9.17, 15) is 13.2 Å². The Labute approximate surface area is 106 Å². The minimum absolute atomic E-state index is 0.187. The summed E-state index contributed by atoms with van der Waals surface area (Å²) in [7, 11) is 0. The molecule has 98 valence electrons. The van der Waals surface area contributed by atoms with E-state index < -0.39 is 12.6 Å². The standard InChI is InChI=1S/C11H12F3N3S/c1-3-15-9-7-4-6(2)18-10(7)17-8(16-9)5-11(12,13)14/h4H,3,5H2,1-2H3,(H,15,16,17). The monoisotopic (exact) mass is 275 g/mol. The minimum Gasteiger partial charge on any atom is -0.370 e. The van der Waals surface area contributed by atoms with Crippen LogP contribution in [0.15, 0.2) is 6.07 Å². The molecule has 2 rings (SSSR count). The number of nitrogens with one attached hydrogen (secondary N) is 1. The second-order valence-corrected chi connectivity index (χ2v) is 5.12. The Balaban J connectivity index is 2.49. The summed E-state index contributed by atoms with van der Waals surface area (Å²) in [5.41, 5.74) is 0. The fraction of sp³-hybridized carbons (Fsp3) is 0.455. The molecule has 0 aliphatic rings. The molecule has 0 aromatic carbocycles. The van der Waals surface area contributed by atoms with Crippen molar-refractivity contribution in [2.24, 2.45) is 0 Å². The number of hydrogen-bond donors (Lipinski definition) is 1. The first-order valence-corrected chi connectivity index (χ1v) is 6.28. The van der Waals surface area contributed by atoms with Crippen LogP contribution in [-0.4, -0.2) is 22.7 Å². The van der Waals surface area contributed by atoms with E-state index in [1.165, 1.54) is 11.3 Å². The molecule has 18 heavy (non-hydrogen) atoms. The van der Waals surface area contributed by atoms with E-state index in [-0.39, 0.29) is 5.82 Å². The van der Waals surface area contributed by atoms with E-state index >= 15 is 0 Å². The lowest BCUT2D eigenvalue weighted by molar-refractivity contribution is -0.128. The molecular weight excluding hydrogens is 263 g/mol. The van der Waals surface area contributed by atoms with Gasteiger partial charge in [-0.25, -0.2) is 9.97 Å². The molecule has 0 bridgehead atoms. The van der Waals surface area contributed by atoms with Crippen LogP contribution in [0.5, 0.6) is 0 Å². The Kier molecular flexibility index (Phi) is 3.43. The van der Waals surface area contributed by atoms with E-state index in [4.69, 9.17) is 0 Å². The van der Waals surface area contributed by atoms with Gasteiger partial charge in [-0.15, -0.1) is 11.3 Å². The summed E-state index contributed by atoms with van der Waals surface area (Å²) in [5, 5.41) is 3.76. The summed E-state index contributed by atoms with van der Waals surface area (Å²) in [6.45, 7) is 4.37. The molecule has 2 heterocycles. The summed E-state index contributed by atoms with van der Waals surface area (Å²) in [6, 6.07) is 1.88. The van der Waals surface area contributed by atoms with Crippen LogP contribution >= 0.6 is 11.3 Å². The van der Waals surface area contributed by atoms with Gasteiger partial charge in [0.2, 0.25) is 0 Å². The van der Waals surface area contributed by atoms with Crippen molar-refractivity contribution in [3.63, 3.8) is 0 Å². The zero-order valence-corrected chi connectivity index (χ0v) is 10.7. The molecule has 0 fully saturated rings. The first-order valence-electron chi connectivity index (χ1n) is 5.46. The van der Waals surface area contributed by atoms with Crippen LogP contribution in [-0.2, 0) is 6.42 Å². The third kappa shape index (κ3) is 2.90. The van der Waals surface area contributed by atoms with Crippen molar-refractivity contribution in [3.8, 4) is 0 Å². The molecule has 0 aliphatic carbocycles. The Hall–Kier alpha value is -1.37. The fourth-order valence-electron chi connectivity index (χ4n) is 1.65. The van der Waals surface area contributed by atoms with Gasteiger partial charge in [-0.3, -0.25) is 0 Å². The molecule has 2 aromatic heterocycles. The number of aryl methyl sites for hydroxylation is 1. The molecule has 0 saturated heterocycles. The molecule has 0 radical (unpaired) electrons. The van der Waals surface area contributed by atoms with E-state index in [0.29, 0.717) is 17.2 Å². The van der Waals surface area contributed by atoms with Crippen LogP contribution < -0.4 is 5.32 Å². The first-order chi connectivity index (χ1) is 8.39. The third-order valence-electron chi connectivity index (χ3n) is 2.27. The SMILES string of the molecule is CCNc1nc(CC(F)(F)F)nc2sc(C)cc12. The number of fused-ring (bicyclic) bond motifs is 1. The highest BCUT2D eigenvalue weighted by Crippen LogP contribution is 2.30. The quantitative estimate of drug-likeness (QED) is 0.931. The van der Waals surface area contributed by atoms with E-state index in [0.717, 1.165) is 10.3 Å². The van der Waals surface area contributed by atoms with Crippen molar-refractivity contribution in [2.75, 3.05) is 11.9 Å². The van der Waals surface area contributed by atoms with Crippen molar-refractivity contribution in [1.29, 1.82) is 0 Å². The van der Waals surface area contributed by atoms with Crippen molar-refractivity contribution in [3.05, 3.63) is 16.8 Å². The molecule has 1 N–H and O–H groups in total. The number of nitrogens with zero attached hydrogens (tertiary/aromatic N) is 2. The Morgan fingerprint density at radius 2 is 2.06 bits per heavy atom. The Morgan fingerprint density at radius 1 is 1.33 bits per heavy atom. The number of halogens is 3. The van der Waals surface area contributed by atoms with Gasteiger partial charge < -0.3 is 5.32 Å². The second-order valence-electron chi connectivity index (χ2n) is 3.89. The summed E-state index contributed by atoms with van der Waals surface area (Å²) >= 11 is 1.37. The predicted octanol–water partition coefficient (Wildman–Crippen LogP) is 3.54. The van der Waals surface area contributed by atoms with Gasteiger partial charge in [0.25, 0.3) is 0 Å². The maximum Gasteiger partial charge on any atom is 0.396 e. The maximum absolute atomic E-state index is 12.4. The van der Waals surface area contributed by atoms with Gasteiger partial charge >= 0.3 is 6.18 Å². The van der Waals surface area contributed by atoms with Gasteiger partial charge in [0.05, 0.1) is 5.39 Å². The van der Waals surface area contributed by atoms with E-state index in [2.05, 4.69) is 15.3 Å². The fourth-order valence-corrected chi connectivity index (χ4v) is 2.54. The Morgan fingerprint density at radius 3 is 2.67 bits per heavy atom. The maximum atomic E-state index is 12.4. The lowest BCUT2D eigenvalue weighted by Crippen LogP contribution is -2.15. The molecular formula is C11H12F3N3S. The number of hydrogen-bond acceptors (Lipinski definition) is 4. The average molecular weight is 275 g/mol. The van der Waals surface area contributed by atoms with Gasteiger partial charge in [0.1, 0.15) is 22.9 Å². The summed E-state index contributed by atoms with van der Waals surface area (Å²) in [6.07, 6.45) is -5.39. The lowest BCUT2D eigenvalue weighted by Gasteiger charge is -2.08.